The van der Waals surface area contributed by atoms with Gasteiger partial charge in [-0.05, 0) is 37.1 Å². The number of esters is 1. The second-order valence-corrected chi connectivity index (χ2v) is 5.98. The predicted octanol–water partition coefficient (Wildman–Crippen LogP) is 2.63. The summed E-state index contributed by atoms with van der Waals surface area (Å²) in [6, 6.07) is 9.22. The third kappa shape index (κ3) is 3.72. The van der Waals surface area contributed by atoms with Crippen LogP contribution in [0.2, 0.25) is 0 Å². The Balaban J connectivity index is 1.63. The molecule has 3 rings (SSSR count). The van der Waals surface area contributed by atoms with Crippen molar-refractivity contribution in [2.45, 2.75) is 20.3 Å². The number of carbonyl (C=O) groups is 2. The van der Waals surface area contributed by atoms with Crippen LogP contribution in [-0.2, 0) is 23.0 Å². The van der Waals surface area contributed by atoms with Gasteiger partial charge in [0, 0.05) is 24.3 Å². The molecule has 0 spiro atoms. The van der Waals surface area contributed by atoms with Crippen LogP contribution in [0, 0.1) is 6.92 Å². The number of pyridine rings is 1. The maximum absolute atomic E-state index is 12.2. The number of anilines is 1. The fourth-order valence-corrected chi connectivity index (χ4v) is 2.70. The predicted molar refractivity (Wildman–Crippen MR) is 98.0 cm³/mol. The van der Waals surface area contributed by atoms with Gasteiger partial charge >= 0.3 is 5.97 Å². The molecule has 0 saturated carbocycles. The van der Waals surface area contributed by atoms with Gasteiger partial charge in [0.15, 0.2) is 12.3 Å². The van der Waals surface area contributed by atoms with Crippen LogP contribution < -0.4 is 5.32 Å². The van der Waals surface area contributed by atoms with E-state index in [2.05, 4.69) is 15.4 Å². The van der Waals surface area contributed by atoms with E-state index in [1.807, 2.05) is 32.0 Å². The minimum absolute atomic E-state index is 0.286. The second kappa shape index (κ2) is 7.35. The highest BCUT2D eigenvalue weighted by atomic mass is 16.5. The van der Waals surface area contributed by atoms with Crippen molar-refractivity contribution in [3.63, 3.8) is 0 Å². The van der Waals surface area contributed by atoms with E-state index < -0.39 is 11.9 Å². The Morgan fingerprint density at radius 1 is 1.27 bits per heavy atom. The van der Waals surface area contributed by atoms with Crippen molar-refractivity contribution in [2.24, 2.45) is 7.05 Å². The molecule has 1 N–H and O–H groups in total. The van der Waals surface area contributed by atoms with Gasteiger partial charge in [0.25, 0.3) is 5.91 Å². The molecule has 1 amide bonds. The Morgan fingerprint density at radius 2 is 2.08 bits per heavy atom. The van der Waals surface area contributed by atoms with E-state index in [0.29, 0.717) is 11.3 Å². The fraction of sp³-hybridized carbons (Fsp3) is 0.263. The largest absolute Gasteiger partial charge is 0.452 e. The number of nitrogens with zero attached hydrogens (tertiary/aromatic N) is 3. The van der Waals surface area contributed by atoms with E-state index in [9.17, 15) is 9.59 Å². The normalized spacial score (nSPS) is 10.7. The molecule has 0 aliphatic heterocycles. The quantitative estimate of drug-likeness (QED) is 0.714. The summed E-state index contributed by atoms with van der Waals surface area (Å²) in [5, 5.41) is 7.76. The van der Waals surface area contributed by atoms with Crippen LogP contribution in [0.25, 0.3) is 11.0 Å². The molecule has 0 saturated heterocycles. The van der Waals surface area contributed by atoms with Crippen LogP contribution in [0.15, 0.2) is 36.5 Å². The highest BCUT2D eigenvalue weighted by Crippen LogP contribution is 2.17. The molecule has 3 aromatic rings. The zero-order valence-corrected chi connectivity index (χ0v) is 14.9. The Bertz CT molecular complexity index is 978. The van der Waals surface area contributed by atoms with Gasteiger partial charge in [0.2, 0.25) is 0 Å². The van der Waals surface area contributed by atoms with Crippen molar-refractivity contribution in [3.8, 4) is 0 Å². The molecule has 134 valence electrons. The number of rotatable bonds is 5. The molecule has 0 bridgehead atoms. The first-order valence-corrected chi connectivity index (χ1v) is 8.33. The zero-order valence-electron chi connectivity index (χ0n) is 14.9. The minimum atomic E-state index is -0.597. The molecule has 0 atom stereocenters. The summed E-state index contributed by atoms with van der Waals surface area (Å²) in [4.78, 5) is 28.4. The molecule has 1 aromatic carbocycles. The highest BCUT2D eigenvalue weighted by Gasteiger charge is 2.14. The SMILES string of the molecule is CCc1cccc(NC(=O)COC(=O)c2cnc3c(c2)c(C)nn3C)c1. The van der Waals surface area contributed by atoms with E-state index in [1.54, 1.807) is 23.9 Å². The Labute approximate surface area is 151 Å². The van der Waals surface area contributed by atoms with E-state index in [1.165, 1.54) is 6.20 Å². The maximum Gasteiger partial charge on any atom is 0.340 e. The fourth-order valence-electron chi connectivity index (χ4n) is 2.70. The third-order valence-corrected chi connectivity index (χ3v) is 4.05. The van der Waals surface area contributed by atoms with Crippen LogP contribution in [0.3, 0.4) is 0 Å². The molecule has 0 aliphatic carbocycles. The van der Waals surface area contributed by atoms with Crippen molar-refractivity contribution in [2.75, 3.05) is 11.9 Å². The van der Waals surface area contributed by atoms with Gasteiger partial charge in [-0.3, -0.25) is 9.48 Å². The number of hydrogen-bond donors (Lipinski definition) is 1. The first-order valence-electron chi connectivity index (χ1n) is 8.33. The van der Waals surface area contributed by atoms with Crippen LogP contribution in [0.4, 0.5) is 5.69 Å². The maximum atomic E-state index is 12.2. The van der Waals surface area contributed by atoms with Crippen molar-refractivity contribution >= 4 is 28.6 Å². The summed E-state index contributed by atoms with van der Waals surface area (Å²) >= 11 is 0. The molecule has 2 heterocycles. The molecule has 26 heavy (non-hydrogen) atoms. The third-order valence-electron chi connectivity index (χ3n) is 4.05. The molecular formula is C19H20N4O3. The Hall–Kier alpha value is -3.22. The number of hydrogen-bond acceptors (Lipinski definition) is 5. The average Bonchev–Trinajstić information content (AvgIpc) is 2.93. The molecule has 0 radical (unpaired) electrons. The lowest BCUT2D eigenvalue weighted by Crippen LogP contribution is -2.21. The van der Waals surface area contributed by atoms with Gasteiger partial charge < -0.3 is 10.1 Å². The number of amides is 1. The van der Waals surface area contributed by atoms with Gasteiger partial charge in [0.1, 0.15) is 0 Å². The molecule has 7 nitrogen and oxygen atoms in total. The number of benzene rings is 1. The van der Waals surface area contributed by atoms with Crippen LogP contribution in [0.5, 0.6) is 0 Å². The minimum Gasteiger partial charge on any atom is -0.452 e. The zero-order chi connectivity index (χ0) is 18.7. The van der Waals surface area contributed by atoms with E-state index in [4.69, 9.17) is 4.74 Å². The second-order valence-electron chi connectivity index (χ2n) is 5.98. The van der Waals surface area contributed by atoms with Crippen LogP contribution in [0.1, 0.15) is 28.5 Å². The lowest BCUT2D eigenvalue weighted by Gasteiger charge is -2.08. The highest BCUT2D eigenvalue weighted by molar-refractivity contribution is 5.97. The van der Waals surface area contributed by atoms with Crippen LogP contribution >= 0.6 is 0 Å². The van der Waals surface area contributed by atoms with Gasteiger partial charge in [-0.15, -0.1) is 0 Å². The summed E-state index contributed by atoms with van der Waals surface area (Å²) in [6.45, 7) is 3.52. The van der Waals surface area contributed by atoms with E-state index in [0.717, 1.165) is 23.1 Å². The number of aromatic nitrogens is 3. The van der Waals surface area contributed by atoms with Gasteiger partial charge in [-0.1, -0.05) is 19.1 Å². The number of aryl methyl sites for hydroxylation is 3. The molecule has 2 aromatic heterocycles. The molecule has 7 heteroatoms. The molecule has 0 aliphatic rings. The van der Waals surface area contributed by atoms with Crippen molar-refractivity contribution < 1.29 is 14.3 Å². The monoisotopic (exact) mass is 352 g/mol. The average molecular weight is 352 g/mol. The topological polar surface area (TPSA) is 86.1 Å². The number of nitrogens with one attached hydrogen (secondary N) is 1. The number of carbonyl (C=O) groups excluding carboxylic acids is 2. The first kappa shape index (κ1) is 17.6. The van der Waals surface area contributed by atoms with E-state index in [-0.39, 0.29) is 12.2 Å². The van der Waals surface area contributed by atoms with Gasteiger partial charge in [0.05, 0.1) is 11.3 Å². The summed E-state index contributed by atoms with van der Waals surface area (Å²) in [7, 11) is 1.79. The number of ether oxygens (including phenoxy) is 1. The van der Waals surface area contributed by atoms with Gasteiger partial charge in [-0.2, -0.15) is 5.10 Å². The van der Waals surface area contributed by atoms with Crippen molar-refractivity contribution in [3.05, 3.63) is 53.3 Å². The van der Waals surface area contributed by atoms with Crippen molar-refractivity contribution in [1.82, 2.24) is 14.8 Å². The van der Waals surface area contributed by atoms with Crippen molar-refractivity contribution in [1.29, 1.82) is 0 Å². The Kier molecular flexibility index (Phi) is 4.97. The summed E-state index contributed by atoms with van der Waals surface area (Å²) in [5.41, 5.74) is 3.55. The summed E-state index contributed by atoms with van der Waals surface area (Å²) in [6.07, 6.45) is 2.30. The van der Waals surface area contributed by atoms with E-state index >= 15 is 0 Å². The molecule has 0 fully saturated rings. The lowest BCUT2D eigenvalue weighted by molar-refractivity contribution is -0.119. The molecular weight excluding hydrogens is 332 g/mol. The standard InChI is InChI=1S/C19H20N4O3/c1-4-13-6-5-7-15(8-13)21-17(24)11-26-19(25)14-9-16-12(2)22-23(3)18(16)20-10-14/h5-10H,4,11H2,1-3H3,(H,21,24). The lowest BCUT2D eigenvalue weighted by atomic mass is 10.1. The molecule has 0 unspecified atom stereocenters. The van der Waals surface area contributed by atoms with Crippen LogP contribution in [-0.4, -0.2) is 33.2 Å². The first-order chi connectivity index (χ1) is 12.5. The van der Waals surface area contributed by atoms with Gasteiger partial charge in [-0.25, -0.2) is 9.78 Å². The smallest absolute Gasteiger partial charge is 0.340 e. The number of fused-ring (bicyclic) bond motifs is 1. The summed E-state index contributed by atoms with van der Waals surface area (Å²) in [5.74, 6) is -0.988. The Morgan fingerprint density at radius 3 is 2.85 bits per heavy atom. The summed E-state index contributed by atoms with van der Waals surface area (Å²) < 4.78 is 6.75.